The summed E-state index contributed by atoms with van der Waals surface area (Å²) in [6, 6.07) is 1.82. The lowest BCUT2D eigenvalue weighted by atomic mass is 10.1. The second-order valence-electron chi connectivity index (χ2n) is 2.67. The Hall–Kier alpha value is -1.09. The van der Waals surface area contributed by atoms with E-state index in [9.17, 15) is 0 Å². The Morgan fingerprint density at radius 2 is 2.42 bits per heavy atom. The lowest BCUT2D eigenvalue weighted by Crippen LogP contribution is -1.97. The Morgan fingerprint density at radius 3 is 3.08 bits per heavy atom. The van der Waals surface area contributed by atoms with Gasteiger partial charge in [-0.3, -0.25) is 4.98 Å². The van der Waals surface area contributed by atoms with Gasteiger partial charge in [-0.1, -0.05) is 0 Å². The van der Waals surface area contributed by atoms with Crippen LogP contribution in [0, 0.1) is 0 Å². The van der Waals surface area contributed by atoms with Gasteiger partial charge >= 0.3 is 0 Å². The van der Waals surface area contributed by atoms with Crippen LogP contribution in [0.3, 0.4) is 0 Å². The molecule has 1 heterocycles. The number of hydrogen-bond acceptors (Lipinski definition) is 3. The summed E-state index contributed by atoms with van der Waals surface area (Å²) in [5.74, 6) is 0. The number of methoxy groups -OCH3 is 1. The van der Waals surface area contributed by atoms with Gasteiger partial charge in [-0.2, -0.15) is 0 Å². The van der Waals surface area contributed by atoms with E-state index in [-0.39, 0.29) is 0 Å². The van der Waals surface area contributed by atoms with Crippen LogP contribution < -0.4 is 5.73 Å². The molecule has 1 aromatic heterocycles. The van der Waals surface area contributed by atoms with Gasteiger partial charge in [-0.25, -0.2) is 0 Å². The number of nitrogens with two attached hydrogens (primary N) is 1. The summed E-state index contributed by atoms with van der Waals surface area (Å²) >= 11 is 0. The van der Waals surface area contributed by atoms with Gasteiger partial charge in [0.15, 0.2) is 0 Å². The third kappa shape index (κ3) is 2.51. The van der Waals surface area contributed by atoms with Crippen molar-refractivity contribution >= 4 is 5.69 Å². The fourth-order valence-corrected chi connectivity index (χ4v) is 1.05. The van der Waals surface area contributed by atoms with Crippen molar-refractivity contribution in [3.8, 4) is 0 Å². The van der Waals surface area contributed by atoms with E-state index in [1.54, 1.807) is 13.3 Å². The fourth-order valence-electron chi connectivity index (χ4n) is 1.05. The lowest BCUT2D eigenvalue weighted by molar-refractivity contribution is 0.195. The topological polar surface area (TPSA) is 48.1 Å². The highest BCUT2D eigenvalue weighted by Crippen LogP contribution is 2.10. The number of aryl methyl sites for hydroxylation is 1. The Balaban J connectivity index is 2.46. The average molecular weight is 166 g/mol. The van der Waals surface area contributed by atoms with Gasteiger partial charge in [-0.05, 0) is 24.5 Å². The van der Waals surface area contributed by atoms with Gasteiger partial charge in [-0.15, -0.1) is 0 Å². The summed E-state index contributed by atoms with van der Waals surface area (Å²) in [5.41, 5.74) is 7.65. The first-order chi connectivity index (χ1) is 5.84. The second-order valence-corrected chi connectivity index (χ2v) is 2.67. The summed E-state index contributed by atoms with van der Waals surface area (Å²) in [7, 11) is 1.70. The van der Waals surface area contributed by atoms with Crippen molar-refractivity contribution in [2.45, 2.75) is 12.8 Å². The highest BCUT2D eigenvalue weighted by molar-refractivity contribution is 5.44. The standard InChI is InChI=1S/C9H14N2O/c1-12-6-2-3-8-7-11-5-4-9(8)10/h4-5,7H,2-3,6H2,1H3,(H2,10,11). The van der Waals surface area contributed by atoms with Gasteiger partial charge < -0.3 is 10.5 Å². The molecule has 66 valence electrons. The molecule has 3 nitrogen and oxygen atoms in total. The number of ether oxygens (including phenoxy) is 1. The van der Waals surface area contributed by atoms with Crippen molar-refractivity contribution < 1.29 is 4.74 Å². The highest BCUT2D eigenvalue weighted by Gasteiger charge is 1.96. The molecule has 0 atom stereocenters. The van der Waals surface area contributed by atoms with Crippen LogP contribution in [-0.2, 0) is 11.2 Å². The molecule has 0 aliphatic heterocycles. The zero-order valence-corrected chi connectivity index (χ0v) is 7.29. The maximum Gasteiger partial charge on any atom is 0.0465 e. The highest BCUT2D eigenvalue weighted by atomic mass is 16.5. The molecule has 0 unspecified atom stereocenters. The number of pyridine rings is 1. The van der Waals surface area contributed by atoms with Crippen LogP contribution >= 0.6 is 0 Å². The molecular weight excluding hydrogens is 152 g/mol. The third-order valence-corrected chi connectivity index (χ3v) is 1.74. The van der Waals surface area contributed by atoms with Gasteiger partial charge in [0.05, 0.1) is 0 Å². The molecule has 0 amide bonds. The minimum absolute atomic E-state index is 0.772. The van der Waals surface area contributed by atoms with Gasteiger partial charge in [0, 0.05) is 31.8 Å². The number of nitrogen functional groups attached to an aromatic ring is 1. The molecule has 0 aromatic carbocycles. The van der Waals surface area contributed by atoms with Gasteiger partial charge in [0.1, 0.15) is 0 Å². The monoisotopic (exact) mass is 166 g/mol. The minimum atomic E-state index is 0.772. The molecular formula is C9H14N2O. The molecule has 2 N–H and O–H groups in total. The summed E-state index contributed by atoms with van der Waals surface area (Å²) in [6.07, 6.45) is 5.44. The largest absolute Gasteiger partial charge is 0.398 e. The number of aromatic nitrogens is 1. The Labute approximate surface area is 72.6 Å². The van der Waals surface area contributed by atoms with Crippen molar-refractivity contribution in [1.82, 2.24) is 4.98 Å². The fraction of sp³-hybridized carbons (Fsp3) is 0.444. The van der Waals surface area contributed by atoms with Crippen LogP contribution in [0.4, 0.5) is 5.69 Å². The van der Waals surface area contributed by atoms with Gasteiger partial charge in [0.2, 0.25) is 0 Å². The quantitative estimate of drug-likeness (QED) is 0.685. The molecule has 0 aliphatic rings. The normalized spacial score (nSPS) is 10.1. The van der Waals surface area contributed by atoms with Crippen molar-refractivity contribution in [2.75, 3.05) is 19.5 Å². The van der Waals surface area contributed by atoms with Crippen LogP contribution in [0.1, 0.15) is 12.0 Å². The molecule has 0 bridgehead atoms. The van der Waals surface area contributed by atoms with Crippen molar-refractivity contribution in [1.29, 1.82) is 0 Å². The predicted octanol–water partition coefficient (Wildman–Crippen LogP) is 1.24. The SMILES string of the molecule is COCCCc1cnccc1N. The lowest BCUT2D eigenvalue weighted by Gasteiger charge is -2.02. The predicted molar refractivity (Wildman–Crippen MR) is 48.8 cm³/mol. The first-order valence-electron chi connectivity index (χ1n) is 4.02. The third-order valence-electron chi connectivity index (χ3n) is 1.74. The maximum absolute atomic E-state index is 5.72. The molecule has 0 radical (unpaired) electrons. The zero-order valence-electron chi connectivity index (χ0n) is 7.29. The van der Waals surface area contributed by atoms with E-state index >= 15 is 0 Å². The van der Waals surface area contributed by atoms with E-state index in [1.807, 2.05) is 12.3 Å². The van der Waals surface area contributed by atoms with E-state index in [2.05, 4.69) is 4.98 Å². The zero-order chi connectivity index (χ0) is 8.81. The Morgan fingerprint density at radius 1 is 1.58 bits per heavy atom. The van der Waals surface area contributed by atoms with Crippen LogP contribution in [0.25, 0.3) is 0 Å². The molecule has 1 aromatic rings. The van der Waals surface area contributed by atoms with Crippen molar-refractivity contribution in [3.63, 3.8) is 0 Å². The van der Waals surface area contributed by atoms with Crippen LogP contribution in [0.5, 0.6) is 0 Å². The summed E-state index contributed by atoms with van der Waals surface area (Å²) in [4.78, 5) is 4.00. The maximum atomic E-state index is 5.72. The number of rotatable bonds is 4. The smallest absolute Gasteiger partial charge is 0.0465 e. The molecule has 1 rings (SSSR count). The first-order valence-corrected chi connectivity index (χ1v) is 4.02. The molecule has 12 heavy (non-hydrogen) atoms. The number of anilines is 1. The Bertz CT molecular complexity index is 238. The van der Waals surface area contributed by atoms with Crippen molar-refractivity contribution in [2.24, 2.45) is 0 Å². The van der Waals surface area contributed by atoms with E-state index in [0.717, 1.165) is 30.7 Å². The molecule has 0 saturated carbocycles. The van der Waals surface area contributed by atoms with E-state index in [1.165, 1.54) is 0 Å². The van der Waals surface area contributed by atoms with Gasteiger partial charge in [0.25, 0.3) is 0 Å². The Kier molecular flexibility index (Phi) is 3.54. The molecule has 3 heteroatoms. The van der Waals surface area contributed by atoms with E-state index in [0.29, 0.717) is 0 Å². The van der Waals surface area contributed by atoms with Crippen molar-refractivity contribution in [3.05, 3.63) is 24.0 Å². The van der Waals surface area contributed by atoms with E-state index < -0.39 is 0 Å². The minimum Gasteiger partial charge on any atom is -0.398 e. The molecule has 0 aliphatic carbocycles. The summed E-state index contributed by atoms with van der Waals surface area (Å²) in [6.45, 7) is 0.772. The summed E-state index contributed by atoms with van der Waals surface area (Å²) < 4.78 is 4.94. The first kappa shape index (κ1) is 9.00. The molecule has 0 spiro atoms. The van der Waals surface area contributed by atoms with Crippen LogP contribution in [0.2, 0.25) is 0 Å². The van der Waals surface area contributed by atoms with E-state index in [4.69, 9.17) is 10.5 Å². The molecule has 0 saturated heterocycles. The number of hydrogen-bond donors (Lipinski definition) is 1. The van der Waals surface area contributed by atoms with Crippen LogP contribution in [-0.4, -0.2) is 18.7 Å². The summed E-state index contributed by atoms with van der Waals surface area (Å²) in [5, 5.41) is 0. The molecule has 0 fully saturated rings. The van der Waals surface area contributed by atoms with Crippen LogP contribution in [0.15, 0.2) is 18.5 Å². The average Bonchev–Trinajstić information content (AvgIpc) is 2.09. The number of nitrogens with zero attached hydrogens (tertiary/aromatic N) is 1. The second kappa shape index (κ2) is 4.72.